The Morgan fingerprint density at radius 1 is 1.41 bits per heavy atom. The van der Waals surface area contributed by atoms with Crippen molar-refractivity contribution in [3.05, 3.63) is 29.6 Å². The summed E-state index contributed by atoms with van der Waals surface area (Å²) in [5.41, 5.74) is 0.983. The van der Waals surface area contributed by atoms with Crippen molar-refractivity contribution in [3.8, 4) is 5.75 Å². The summed E-state index contributed by atoms with van der Waals surface area (Å²) in [6.45, 7) is 2.76. The van der Waals surface area contributed by atoms with E-state index in [1.165, 1.54) is 7.11 Å². The van der Waals surface area contributed by atoms with Gasteiger partial charge in [0.1, 0.15) is 0 Å². The van der Waals surface area contributed by atoms with Gasteiger partial charge in [0.2, 0.25) is 0 Å². The molecule has 0 amide bonds. The summed E-state index contributed by atoms with van der Waals surface area (Å²) in [6, 6.07) is 5.14. The van der Waals surface area contributed by atoms with E-state index in [1.807, 2.05) is 6.07 Å². The highest BCUT2D eigenvalue weighted by Crippen LogP contribution is 2.21. The van der Waals surface area contributed by atoms with Gasteiger partial charge >= 0.3 is 0 Å². The zero-order valence-electron chi connectivity index (χ0n) is 9.96. The molecule has 17 heavy (non-hydrogen) atoms. The zero-order chi connectivity index (χ0) is 12.3. The number of alkyl halides is 1. The number of methoxy groups -OCH3 is 1. The van der Waals surface area contributed by atoms with Crippen LogP contribution < -0.4 is 4.74 Å². The van der Waals surface area contributed by atoms with E-state index in [0.29, 0.717) is 11.1 Å². The molecule has 1 aromatic carbocycles. The van der Waals surface area contributed by atoms with Crippen molar-refractivity contribution in [1.82, 2.24) is 4.90 Å². The summed E-state index contributed by atoms with van der Waals surface area (Å²) < 4.78 is 18.4. The van der Waals surface area contributed by atoms with E-state index >= 15 is 0 Å². The van der Waals surface area contributed by atoms with Crippen LogP contribution in [0.4, 0.5) is 4.39 Å². The van der Waals surface area contributed by atoms with Crippen molar-refractivity contribution in [1.29, 1.82) is 0 Å². The van der Waals surface area contributed by atoms with Crippen LogP contribution in [0, 0.1) is 5.82 Å². The van der Waals surface area contributed by atoms with E-state index in [2.05, 4.69) is 4.90 Å². The maximum absolute atomic E-state index is 13.5. The van der Waals surface area contributed by atoms with Crippen molar-refractivity contribution in [2.45, 2.75) is 24.8 Å². The molecule has 2 rings (SSSR count). The predicted molar refractivity (Wildman–Crippen MR) is 67.1 cm³/mol. The van der Waals surface area contributed by atoms with Crippen LogP contribution in [0.2, 0.25) is 0 Å². The van der Waals surface area contributed by atoms with Crippen LogP contribution in [0.15, 0.2) is 18.2 Å². The molecule has 1 heterocycles. The molecule has 0 spiro atoms. The van der Waals surface area contributed by atoms with Gasteiger partial charge in [-0.2, -0.15) is 0 Å². The first kappa shape index (κ1) is 12.7. The normalized spacial score (nSPS) is 18.3. The van der Waals surface area contributed by atoms with Crippen molar-refractivity contribution in [3.63, 3.8) is 0 Å². The third kappa shape index (κ3) is 3.33. The Kier molecular flexibility index (Phi) is 4.24. The number of benzene rings is 1. The molecule has 1 saturated heterocycles. The minimum absolute atomic E-state index is 0.294. The molecule has 0 aliphatic carbocycles. The number of nitrogens with zero attached hydrogens (tertiary/aromatic N) is 1. The van der Waals surface area contributed by atoms with Gasteiger partial charge in [0, 0.05) is 11.9 Å². The molecular weight excluding hydrogens is 241 g/mol. The lowest BCUT2D eigenvalue weighted by Crippen LogP contribution is -2.33. The molecular formula is C13H17ClFNO. The van der Waals surface area contributed by atoms with Crippen molar-refractivity contribution >= 4 is 11.6 Å². The first-order chi connectivity index (χ1) is 8.19. The van der Waals surface area contributed by atoms with Crippen LogP contribution in [-0.4, -0.2) is 30.5 Å². The smallest absolute Gasteiger partial charge is 0.165 e. The van der Waals surface area contributed by atoms with E-state index < -0.39 is 0 Å². The monoisotopic (exact) mass is 257 g/mol. The maximum Gasteiger partial charge on any atom is 0.165 e. The van der Waals surface area contributed by atoms with Gasteiger partial charge in [-0.25, -0.2) is 4.39 Å². The van der Waals surface area contributed by atoms with E-state index in [1.54, 1.807) is 12.1 Å². The molecule has 0 N–H and O–H groups in total. The predicted octanol–water partition coefficient (Wildman–Crippen LogP) is 3.04. The highest BCUT2D eigenvalue weighted by molar-refractivity contribution is 6.20. The van der Waals surface area contributed by atoms with E-state index in [-0.39, 0.29) is 5.82 Å². The summed E-state index contributed by atoms with van der Waals surface area (Å²) in [5.74, 6) is 0.00504. The van der Waals surface area contributed by atoms with Crippen LogP contribution in [0.5, 0.6) is 5.75 Å². The second-order valence-corrected chi connectivity index (χ2v) is 5.04. The summed E-state index contributed by atoms with van der Waals surface area (Å²) in [4.78, 5) is 2.31. The molecule has 1 aliphatic heterocycles. The van der Waals surface area contributed by atoms with Gasteiger partial charge < -0.3 is 4.74 Å². The molecule has 0 unspecified atom stereocenters. The molecule has 0 saturated carbocycles. The van der Waals surface area contributed by atoms with Crippen LogP contribution >= 0.6 is 11.6 Å². The molecule has 0 radical (unpaired) electrons. The number of likely N-dealkylation sites (tertiary alicyclic amines) is 1. The minimum Gasteiger partial charge on any atom is -0.494 e. The molecule has 0 bridgehead atoms. The second kappa shape index (κ2) is 5.69. The van der Waals surface area contributed by atoms with Gasteiger partial charge in [-0.3, -0.25) is 4.90 Å². The first-order valence-electron chi connectivity index (χ1n) is 5.88. The topological polar surface area (TPSA) is 12.5 Å². The van der Waals surface area contributed by atoms with Crippen LogP contribution in [-0.2, 0) is 6.54 Å². The van der Waals surface area contributed by atoms with Gasteiger partial charge in [-0.05, 0) is 43.6 Å². The number of halogens is 2. The van der Waals surface area contributed by atoms with E-state index in [9.17, 15) is 4.39 Å². The number of ether oxygens (including phenoxy) is 1. The largest absolute Gasteiger partial charge is 0.494 e. The fourth-order valence-corrected chi connectivity index (χ4v) is 2.32. The number of rotatable bonds is 3. The molecule has 0 aromatic heterocycles. The molecule has 0 atom stereocenters. The van der Waals surface area contributed by atoms with Crippen molar-refractivity contribution in [2.24, 2.45) is 0 Å². The summed E-state index contributed by atoms with van der Waals surface area (Å²) in [6.07, 6.45) is 2.03. The third-order valence-electron chi connectivity index (χ3n) is 3.14. The Hall–Kier alpha value is -0.800. The van der Waals surface area contributed by atoms with Gasteiger partial charge in [0.15, 0.2) is 11.6 Å². The van der Waals surface area contributed by atoms with Crippen molar-refractivity contribution < 1.29 is 9.13 Å². The summed E-state index contributed by atoms with van der Waals surface area (Å²) >= 11 is 6.05. The Labute approximate surface area is 106 Å². The highest BCUT2D eigenvalue weighted by Gasteiger charge is 2.17. The lowest BCUT2D eigenvalue weighted by molar-refractivity contribution is 0.223. The average molecular weight is 258 g/mol. The molecule has 2 nitrogen and oxygen atoms in total. The van der Waals surface area contributed by atoms with Gasteiger partial charge in [0.25, 0.3) is 0 Å². The van der Waals surface area contributed by atoms with E-state index in [4.69, 9.17) is 16.3 Å². The third-order valence-corrected chi connectivity index (χ3v) is 3.58. The van der Waals surface area contributed by atoms with Gasteiger partial charge in [-0.15, -0.1) is 11.6 Å². The number of piperidine rings is 1. The van der Waals surface area contributed by atoms with Crippen LogP contribution in [0.1, 0.15) is 18.4 Å². The average Bonchev–Trinajstić information content (AvgIpc) is 2.32. The Morgan fingerprint density at radius 2 is 2.12 bits per heavy atom. The number of hydrogen-bond acceptors (Lipinski definition) is 2. The lowest BCUT2D eigenvalue weighted by Gasteiger charge is -2.29. The molecule has 1 fully saturated rings. The van der Waals surface area contributed by atoms with Gasteiger partial charge in [0.05, 0.1) is 7.11 Å². The Balaban J connectivity index is 1.97. The molecule has 94 valence electrons. The Morgan fingerprint density at radius 3 is 2.71 bits per heavy atom. The molecule has 1 aliphatic rings. The fraction of sp³-hybridized carbons (Fsp3) is 0.538. The van der Waals surface area contributed by atoms with Gasteiger partial charge in [-0.1, -0.05) is 6.07 Å². The first-order valence-corrected chi connectivity index (χ1v) is 6.31. The molecule has 1 aromatic rings. The molecule has 4 heteroatoms. The standard InChI is InChI=1S/C13H17ClFNO/c1-17-13-3-2-10(8-12(13)15)9-16-6-4-11(14)5-7-16/h2-3,8,11H,4-7,9H2,1H3. The fourth-order valence-electron chi connectivity index (χ4n) is 2.13. The maximum atomic E-state index is 13.5. The quantitative estimate of drug-likeness (QED) is 0.772. The van der Waals surface area contributed by atoms with E-state index in [0.717, 1.165) is 38.0 Å². The second-order valence-electron chi connectivity index (χ2n) is 4.42. The van der Waals surface area contributed by atoms with Crippen LogP contribution in [0.3, 0.4) is 0 Å². The number of hydrogen-bond donors (Lipinski definition) is 0. The Bertz CT molecular complexity index is 378. The SMILES string of the molecule is COc1ccc(CN2CCC(Cl)CC2)cc1F. The highest BCUT2D eigenvalue weighted by atomic mass is 35.5. The summed E-state index contributed by atoms with van der Waals surface area (Å²) in [5, 5.41) is 0.304. The lowest BCUT2D eigenvalue weighted by atomic mass is 10.1. The minimum atomic E-state index is -0.294. The van der Waals surface area contributed by atoms with Crippen molar-refractivity contribution in [2.75, 3.05) is 20.2 Å². The van der Waals surface area contributed by atoms with Crippen LogP contribution in [0.25, 0.3) is 0 Å². The zero-order valence-corrected chi connectivity index (χ0v) is 10.7. The summed E-state index contributed by atoms with van der Waals surface area (Å²) in [7, 11) is 1.48.